The number of carbonyl (C=O) groups is 1. The van der Waals surface area contributed by atoms with Gasteiger partial charge in [0.25, 0.3) is 0 Å². The summed E-state index contributed by atoms with van der Waals surface area (Å²) in [5.41, 5.74) is 5.20. The summed E-state index contributed by atoms with van der Waals surface area (Å²) in [4.78, 5) is 14.8. The fraction of sp³-hybridized carbons (Fsp3) is 0.514. The Labute approximate surface area is 269 Å². The maximum absolute atomic E-state index is 12.2. The van der Waals surface area contributed by atoms with Crippen molar-refractivity contribution in [1.82, 2.24) is 25.3 Å². The third-order valence-corrected chi connectivity index (χ3v) is 7.88. The number of unbranched alkanes of at least 4 members (excludes halogenated alkanes) is 1. The molecule has 0 aromatic carbocycles. The first kappa shape index (κ1) is 36.8. The van der Waals surface area contributed by atoms with Gasteiger partial charge >= 0.3 is 0 Å². The van der Waals surface area contributed by atoms with Gasteiger partial charge in [0.15, 0.2) is 5.82 Å². The fourth-order valence-electron chi connectivity index (χ4n) is 4.73. The molecule has 0 aliphatic carbocycles. The molecule has 0 aliphatic heterocycles. The molecule has 0 atom stereocenters. The van der Waals surface area contributed by atoms with Crippen LogP contribution in [0.4, 0.5) is 10.9 Å². The van der Waals surface area contributed by atoms with E-state index in [9.17, 15) is 4.79 Å². The molecule has 1 amide bonds. The predicted molar refractivity (Wildman–Crippen MR) is 187 cm³/mol. The molecule has 0 bridgehead atoms. The van der Waals surface area contributed by atoms with E-state index in [2.05, 4.69) is 82.9 Å². The molecule has 240 valence electrons. The van der Waals surface area contributed by atoms with Crippen LogP contribution in [0.3, 0.4) is 0 Å². The summed E-state index contributed by atoms with van der Waals surface area (Å²) in [5, 5.41) is 25.0. The van der Waals surface area contributed by atoms with Crippen LogP contribution in [0.25, 0.3) is 0 Å². The SMILES string of the molecule is C=C(/C=C(/CN(CCC)CCC)C(C)C)CC(=C)Nc1nnc(CCCCc2ccc(NC(=O)CC(/C=C\C)=C/C)nn2)s1. The van der Waals surface area contributed by atoms with Gasteiger partial charge in [0.2, 0.25) is 11.0 Å². The van der Waals surface area contributed by atoms with Gasteiger partial charge in [-0.05, 0) is 88.2 Å². The molecule has 0 aliphatic rings. The highest BCUT2D eigenvalue weighted by molar-refractivity contribution is 7.15. The average molecular weight is 620 g/mol. The van der Waals surface area contributed by atoms with Crippen molar-refractivity contribution in [2.45, 2.75) is 92.9 Å². The Balaban J connectivity index is 1.76. The largest absolute Gasteiger partial charge is 0.334 e. The standard InChI is InChI=1S/C35H53N7OS/c1-9-15-29(12-4)24-33(43)37-32-19-18-31(38-39-32)16-13-14-17-34-40-41-35(44-34)36-28(8)22-27(7)23-30(26(5)6)25-42(20-10-2)21-11-3/h9,12,15,18-19,23,26H,7-8,10-11,13-14,16-17,20-22,24-25H2,1-6H3,(H,36,41)(H,37,39,43)/b15-9-,29-12+,30-23-. The Kier molecular flexibility index (Phi) is 17.1. The molecule has 2 aromatic rings. The van der Waals surface area contributed by atoms with Crippen molar-refractivity contribution in [2.75, 3.05) is 30.3 Å². The Morgan fingerprint density at radius 3 is 2.32 bits per heavy atom. The lowest BCUT2D eigenvalue weighted by molar-refractivity contribution is -0.115. The van der Waals surface area contributed by atoms with Gasteiger partial charge in [0.1, 0.15) is 5.01 Å². The molecule has 0 saturated carbocycles. The minimum absolute atomic E-state index is 0.105. The summed E-state index contributed by atoms with van der Waals surface area (Å²) in [5.74, 6) is 0.835. The summed E-state index contributed by atoms with van der Waals surface area (Å²) >= 11 is 1.57. The van der Waals surface area contributed by atoms with Gasteiger partial charge in [0.05, 0.1) is 12.1 Å². The first-order valence-electron chi connectivity index (χ1n) is 15.9. The molecule has 0 fully saturated rings. The predicted octanol–water partition coefficient (Wildman–Crippen LogP) is 8.32. The number of carbonyl (C=O) groups excluding carboxylic acids is 1. The van der Waals surface area contributed by atoms with Crippen molar-refractivity contribution in [3.8, 4) is 0 Å². The number of nitrogens with zero attached hydrogens (tertiary/aromatic N) is 5. The minimum atomic E-state index is -0.105. The van der Waals surface area contributed by atoms with Crippen LogP contribution in [0.15, 0.2) is 72.0 Å². The highest BCUT2D eigenvalue weighted by atomic mass is 32.1. The number of hydrogen-bond acceptors (Lipinski definition) is 8. The number of rotatable bonds is 21. The Morgan fingerprint density at radius 1 is 0.977 bits per heavy atom. The Hall–Kier alpha value is -3.43. The highest BCUT2D eigenvalue weighted by Crippen LogP contribution is 2.22. The van der Waals surface area contributed by atoms with E-state index < -0.39 is 0 Å². The van der Waals surface area contributed by atoms with Crippen molar-refractivity contribution in [3.05, 3.63) is 82.7 Å². The van der Waals surface area contributed by atoms with Crippen LogP contribution >= 0.6 is 11.3 Å². The molecule has 2 heterocycles. The molecule has 0 spiro atoms. The number of aryl methyl sites for hydroxylation is 2. The lowest BCUT2D eigenvalue weighted by Gasteiger charge is -2.24. The van der Waals surface area contributed by atoms with Gasteiger partial charge in [-0.3, -0.25) is 9.69 Å². The minimum Gasteiger partial charge on any atom is -0.334 e. The van der Waals surface area contributed by atoms with Crippen molar-refractivity contribution in [3.63, 3.8) is 0 Å². The van der Waals surface area contributed by atoms with E-state index in [1.807, 2.05) is 44.2 Å². The first-order valence-corrected chi connectivity index (χ1v) is 16.8. The van der Waals surface area contributed by atoms with E-state index in [1.165, 1.54) is 5.57 Å². The van der Waals surface area contributed by atoms with Crippen LogP contribution in [0.1, 0.15) is 90.8 Å². The van der Waals surface area contributed by atoms with Gasteiger partial charge in [-0.2, -0.15) is 5.10 Å². The van der Waals surface area contributed by atoms with Crippen molar-refractivity contribution >= 4 is 28.2 Å². The number of allylic oxidation sites excluding steroid dienone is 5. The monoisotopic (exact) mass is 619 g/mol. The smallest absolute Gasteiger partial charge is 0.229 e. The number of aromatic nitrogens is 4. The topological polar surface area (TPSA) is 95.9 Å². The number of amides is 1. The van der Waals surface area contributed by atoms with Crippen LogP contribution in [0, 0.1) is 5.92 Å². The highest BCUT2D eigenvalue weighted by Gasteiger charge is 2.12. The molecule has 2 N–H and O–H groups in total. The molecule has 0 radical (unpaired) electrons. The molecule has 2 rings (SSSR count). The van der Waals surface area contributed by atoms with Gasteiger partial charge in [-0.25, -0.2) is 0 Å². The Morgan fingerprint density at radius 2 is 1.70 bits per heavy atom. The van der Waals surface area contributed by atoms with Crippen molar-refractivity contribution < 1.29 is 4.79 Å². The third-order valence-electron chi connectivity index (χ3n) is 6.98. The van der Waals surface area contributed by atoms with Crippen LogP contribution in [-0.4, -0.2) is 50.8 Å². The number of hydrogen-bond donors (Lipinski definition) is 2. The van der Waals surface area contributed by atoms with E-state index in [0.717, 1.165) is 90.8 Å². The summed E-state index contributed by atoms with van der Waals surface area (Å²) in [7, 11) is 0. The summed E-state index contributed by atoms with van der Waals surface area (Å²) in [6.07, 6.45) is 14.9. The maximum atomic E-state index is 12.2. The molecular formula is C35H53N7OS. The van der Waals surface area contributed by atoms with E-state index in [4.69, 9.17) is 0 Å². The van der Waals surface area contributed by atoms with E-state index >= 15 is 0 Å². The number of nitrogens with one attached hydrogen (secondary N) is 2. The molecule has 0 unspecified atom stereocenters. The molecule has 44 heavy (non-hydrogen) atoms. The van der Waals surface area contributed by atoms with E-state index in [1.54, 1.807) is 11.3 Å². The Bertz CT molecular complexity index is 1270. The van der Waals surface area contributed by atoms with Gasteiger partial charge in [-0.1, -0.05) is 82.1 Å². The second-order valence-corrected chi connectivity index (χ2v) is 12.5. The quantitative estimate of drug-likeness (QED) is 0.107. The number of anilines is 2. The van der Waals surface area contributed by atoms with E-state index in [-0.39, 0.29) is 5.91 Å². The average Bonchev–Trinajstić information content (AvgIpc) is 3.42. The van der Waals surface area contributed by atoms with Gasteiger partial charge in [-0.15, -0.1) is 15.3 Å². The molecule has 0 saturated heterocycles. The molecular weight excluding hydrogens is 567 g/mol. The summed E-state index contributed by atoms with van der Waals surface area (Å²) in [6.45, 7) is 24.6. The van der Waals surface area contributed by atoms with Gasteiger partial charge < -0.3 is 10.6 Å². The summed E-state index contributed by atoms with van der Waals surface area (Å²) in [6, 6.07) is 3.73. The lowest BCUT2D eigenvalue weighted by atomic mass is 9.98. The summed E-state index contributed by atoms with van der Waals surface area (Å²) < 4.78 is 0. The zero-order chi connectivity index (χ0) is 32.3. The zero-order valence-electron chi connectivity index (χ0n) is 27.8. The van der Waals surface area contributed by atoms with E-state index in [0.29, 0.717) is 24.6 Å². The molecule has 8 nitrogen and oxygen atoms in total. The van der Waals surface area contributed by atoms with Crippen LogP contribution in [0.2, 0.25) is 0 Å². The second kappa shape index (κ2) is 20.5. The normalized spacial score (nSPS) is 12.4. The third kappa shape index (κ3) is 14.4. The fourth-order valence-corrected chi connectivity index (χ4v) is 5.56. The van der Waals surface area contributed by atoms with Crippen molar-refractivity contribution in [2.24, 2.45) is 5.92 Å². The van der Waals surface area contributed by atoms with Crippen molar-refractivity contribution in [1.29, 1.82) is 0 Å². The lowest BCUT2D eigenvalue weighted by Crippen LogP contribution is -2.29. The first-order chi connectivity index (χ1) is 21.2. The van der Waals surface area contributed by atoms with Gasteiger partial charge in [0, 0.05) is 25.1 Å². The molecule has 2 aromatic heterocycles. The zero-order valence-corrected chi connectivity index (χ0v) is 28.6. The molecule has 9 heteroatoms. The van der Waals surface area contributed by atoms with Crippen LogP contribution < -0.4 is 10.6 Å². The maximum Gasteiger partial charge on any atom is 0.229 e. The second-order valence-electron chi connectivity index (χ2n) is 11.4. The van der Waals surface area contributed by atoms with Crippen LogP contribution in [-0.2, 0) is 17.6 Å². The van der Waals surface area contributed by atoms with Crippen LogP contribution in [0.5, 0.6) is 0 Å².